The molecule has 2 rings (SSSR count). The van der Waals surface area contributed by atoms with Gasteiger partial charge >= 0.3 is 0 Å². The van der Waals surface area contributed by atoms with Gasteiger partial charge < -0.3 is 24.7 Å². The summed E-state index contributed by atoms with van der Waals surface area (Å²) in [4.78, 5) is 20.1. The number of aldehydes is 1. The first-order chi connectivity index (χ1) is 14.6. The van der Waals surface area contributed by atoms with Crippen LogP contribution in [0.2, 0.25) is 0 Å². The molecule has 2 aliphatic heterocycles. The van der Waals surface area contributed by atoms with E-state index in [4.69, 9.17) is 9.47 Å². The summed E-state index contributed by atoms with van der Waals surface area (Å²) in [6, 6.07) is 0. The fourth-order valence-corrected chi connectivity index (χ4v) is 4.70. The zero-order valence-electron chi connectivity index (χ0n) is 23.1. The highest BCUT2D eigenvalue weighted by Gasteiger charge is 2.46. The molecule has 0 amide bonds. The van der Waals surface area contributed by atoms with E-state index in [1.807, 2.05) is 76.2 Å². The van der Waals surface area contributed by atoms with Gasteiger partial charge in [0.15, 0.2) is 0 Å². The Bertz CT molecular complexity index is 589. The molecule has 0 radical (unpaired) electrons. The van der Waals surface area contributed by atoms with Crippen LogP contribution in [0.1, 0.15) is 102 Å². The molecule has 196 valence electrons. The van der Waals surface area contributed by atoms with Crippen LogP contribution in [-0.2, 0) is 19.1 Å². The molecule has 0 bridgehead atoms. The predicted molar refractivity (Wildman–Crippen MR) is 129 cm³/mol. The first kappa shape index (κ1) is 31.9. The van der Waals surface area contributed by atoms with Crippen molar-refractivity contribution in [1.29, 1.82) is 0 Å². The molecule has 8 heteroatoms. The molecule has 0 spiro atoms. The number of hydrogen-bond acceptors (Lipinski definition) is 8. The molecule has 0 atom stereocenters. The molecular weight excluding hydrogens is 424 g/mol. The lowest BCUT2D eigenvalue weighted by Crippen LogP contribution is -2.60. The van der Waals surface area contributed by atoms with E-state index >= 15 is 0 Å². The van der Waals surface area contributed by atoms with E-state index < -0.39 is 0 Å². The zero-order valence-corrected chi connectivity index (χ0v) is 23.1. The third-order valence-electron chi connectivity index (χ3n) is 6.14. The average molecular weight is 475 g/mol. The van der Waals surface area contributed by atoms with Crippen molar-refractivity contribution in [3.8, 4) is 0 Å². The number of methoxy groups -OCH3 is 1. The highest BCUT2D eigenvalue weighted by Crippen LogP contribution is 2.38. The molecule has 2 N–H and O–H groups in total. The van der Waals surface area contributed by atoms with E-state index in [2.05, 4.69) is 0 Å². The summed E-state index contributed by atoms with van der Waals surface area (Å²) < 4.78 is 10.4. The number of hydrogen-bond donors (Lipinski definition) is 2. The van der Waals surface area contributed by atoms with E-state index in [0.717, 1.165) is 19.1 Å². The van der Waals surface area contributed by atoms with Gasteiger partial charge in [0, 0.05) is 47.5 Å². The minimum Gasteiger partial charge on any atom is -0.464 e. The summed E-state index contributed by atoms with van der Waals surface area (Å²) in [6.07, 6.45) is 4.17. The van der Waals surface area contributed by atoms with Gasteiger partial charge in [-0.3, -0.25) is 4.79 Å². The second-order valence-corrected chi connectivity index (χ2v) is 12.9. The average Bonchev–Trinajstić information content (AvgIpc) is 2.64. The predicted octanol–water partition coefficient (Wildman–Crippen LogP) is 4.85. The SMILES string of the molecule is CC(C)(C)C=O.CC1(C)CC(OC=O)CC(C)(C)N1O.COC1CC(C)(C)N(O)C(C)(C)C1. The molecule has 8 nitrogen and oxygen atoms in total. The molecular formula is C25H50N2O6. The summed E-state index contributed by atoms with van der Waals surface area (Å²) in [5, 5.41) is 22.7. The van der Waals surface area contributed by atoms with Gasteiger partial charge in [0.05, 0.1) is 6.10 Å². The van der Waals surface area contributed by atoms with Crippen molar-refractivity contribution in [3.63, 3.8) is 0 Å². The van der Waals surface area contributed by atoms with Gasteiger partial charge in [-0.05, 0) is 68.2 Å². The van der Waals surface area contributed by atoms with Crippen LogP contribution in [0.25, 0.3) is 0 Å². The van der Waals surface area contributed by atoms with Crippen LogP contribution in [0, 0.1) is 5.41 Å². The summed E-state index contributed by atoms with van der Waals surface area (Å²) in [7, 11) is 1.74. The third-order valence-corrected chi connectivity index (χ3v) is 6.14. The lowest BCUT2D eigenvalue weighted by molar-refractivity contribution is -0.259. The standard InChI is InChI=1S/C10H19NO3.C10H21NO2.C5H10O/c1-9(2)5-8(14-7-12)6-10(3,4)11(9)13;1-9(2)6-8(13-5)7-10(3,4)11(9)12;1-5(2,3)4-6/h7-8,13H,5-6H2,1-4H3;8,12H,6-7H2,1-5H3;4H,1-3H3. The van der Waals surface area contributed by atoms with Crippen molar-refractivity contribution in [2.45, 2.75) is 136 Å². The number of hydroxylamine groups is 4. The van der Waals surface area contributed by atoms with Crippen molar-refractivity contribution in [2.75, 3.05) is 7.11 Å². The minimum absolute atomic E-state index is 0.0964. The summed E-state index contributed by atoms with van der Waals surface area (Å²) in [5.74, 6) is 0. The van der Waals surface area contributed by atoms with Crippen LogP contribution in [-0.4, -0.2) is 74.8 Å². The Kier molecular flexibility index (Phi) is 11.2. The molecule has 0 aromatic rings. The summed E-state index contributed by atoms with van der Waals surface area (Å²) in [5.41, 5.74) is -1.23. The monoisotopic (exact) mass is 474 g/mol. The normalized spacial score (nSPS) is 25.0. The first-order valence-corrected chi connectivity index (χ1v) is 11.7. The van der Waals surface area contributed by atoms with E-state index in [1.54, 1.807) is 7.11 Å². The number of nitrogens with zero attached hydrogens (tertiary/aromatic N) is 2. The maximum absolute atomic E-state index is 10.3. The fraction of sp³-hybridized carbons (Fsp3) is 0.920. The number of rotatable bonds is 3. The van der Waals surface area contributed by atoms with Crippen LogP contribution in [0.3, 0.4) is 0 Å². The Morgan fingerprint density at radius 1 is 0.727 bits per heavy atom. The van der Waals surface area contributed by atoms with E-state index in [9.17, 15) is 20.0 Å². The maximum atomic E-state index is 10.3. The molecule has 2 heterocycles. The highest BCUT2D eigenvalue weighted by molar-refractivity contribution is 5.56. The minimum atomic E-state index is -0.352. The summed E-state index contributed by atoms with van der Waals surface area (Å²) in [6.45, 7) is 22.0. The van der Waals surface area contributed by atoms with Crippen LogP contribution in [0.15, 0.2) is 0 Å². The van der Waals surface area contributed by atoms with Crippen molar-refractivity contribution < 1.29 is 29.5 Å². The summed E-state index contributed by atoms with van der Waals surface area (Å²) >= 11 is 0. The molecule has 33 heavy (non-hydrogen) atoms. The lowest BCUT2D eigenvalue weighted by Gasteiger charge is -2.51. The Balaban J connectivity index is 0.000000503. The smallest absolute Gasteiger partial charge is 0.293 e. The van der Waals surface area contributed by atoms with Crippen molar-refractivity contribution in [3.05, 3.63) is 0 Å². The first-order valence-electron chi connectivity index (χ1n) is 11.7. The molecule has 0 unspecified atom stereocenters. The highest BCUT2D eigenvalue weighted by atomic mass is 16.5. The molecule has 0 aromatic heterocycles. The number of carbonyl (C=O) groups is 2. The van der Waals surface area contributed by atoms with Crippen molar-refractivity contribution in [2.24, 2.45) is 5.41 Å². The number of ether oxygens (including phenoxy) is 2. The van der Waals surface area contributed by atoms with Gasteiger partial charge in [-0.1, -0.05) is 20.8 Å². The molecule has 0 saturated carbocycles. The van der Waals surface area contributed by atoms with Gasteiger partial charge in [-0.2, -0.15) is 10.1 Å². The third kappa shape index (κ3) is 9.99. The van der Waals surface area contributed by atoms with Crippen LogP contribution < -0.4 is 0 Å². The van der Waals surface area contributed by atoms with Gasteiger partial charge in [-0.25, -0.2) is 0 Å². The van der Waals surface area contributed by atoms with Crippen molar-refractivity contribution in [1.82, 2.24) is 10.1 Å². The van der Waals surface area contributed by atoms with Gasteiger partial charge in [0.25, 0.3) is 6.47 Å². The quantitative estimate of drug-likeness (QED) is 0.560. The molecule has 2 saturated heterocycles. The Labute approximate surface area is 201 Å². The van der Waals surface area contributed by atoms with Gasteiger partial charge in [0.2, 0.25) is 0 Å². The van der Waals surface area contributed by atoms with Crippen LogP contribution >= 0.6 is 0 Å². The maximum Gasteiger partial charge on any atom is 0.293 e. The second-order valence-electron chi connectivity index (χ2n) is 12.9. The molecule has 2 fully saturated rings. The van der Waals surface area contributed by atoms with E-state index in [-0.39, 0.29) is 39.8 Å². The molecule has 0 aliphatic carbocycles. The largest absolute Gasteiger partial charge is 0.464 e. The molecule has 0 aromatic carbocycles. The lowest BCUT2D eigenvalue weighted by atomic mass is 9.80. The Hall–Kier alpha value is -1.06. The topological polar surface area (TPSA) is 99.5 Å². The van der Waals surface area contributed by atoms with Gasteiger partial charge in [0.1, 0.15) is 12.4 Å². The Morgan fingerprint density at radius 3 is 1.21 bits per heavy atom. The second kappa shape index (κ2) is 11.6. The van der Waals surface area contributed by atoms with Gasteiger partial charge in [-0.15, -0.1) is 0 Å². The van der Waals surface area contributed by atoms with Crippen LogP contribution in [0.5, 0.6) is 0 Å². The molecule has 2 aliphatic rings. The number of carbonyl (C=O) groups excluding carboxylic acids is 2. The van der Waals surface area contributed by atoms with E-state index in [1.165, 1.54) is 10.1 Å². The number of piperidine rings is 2. The zero-order chi connectivity index (χ0) is 26.5. The van der Waals surface area contributed by atoms with E-state index in [0.29, 0.717) is 19.3 Å². The van der Waals surface area contributed by atoms with Crippen molar-refractivity contribution >= 4 is 12.8 Å². The Morgan fingerprint density at radius 2 is 1.00 bits per heavy atom. The fourth-order valence-electron chi connectivity index (χ4n) is 4.70. The van der Waals surface area contributed by atoms with Crippen LogP contribution in [0.4, 0.5) is 0 Å².